The van der Waals surface area contributed by atoms with Crippen molar-refractivity contribution in [2.24, 2.45) is 0 Å². The molecule has 0 bridgehead atoms. The minimum absolute atomic E-state index is 0.000177. The van der Waals surface area contributed by atoms with Gasteiger partial charge in [0.05, 0.1) is 11.3 Å². The van der Waals surface area contributed by atoms with E-state index in [1.54, 1.807) is 7.05 Å². The average Bonchev–Trinajstić information content (AvgIpc) is 3.11. The maximum Gasteiger partial charge on any atom is 0.416 e. The van der Waals surface area contributed by atoms with E-state index < -0.39 is 17.6 Å². The molecule has 2 aromatic carbocycles. The third-order valence-electron chi connectivity index (χ3n) is 3.98. The van der Waals surface area contributed by atoms with E-state index >= 15 is 0 Å². The van der Waals surface area contributed by atoms with E-state index in [0.29, 0.717) is 5.82 Å². The first-order valence-corrected chi connectivity index (χ1v) is 8.16. The van der Waals surface area contributed by atoms with Gasteiger partial charge in [-0.2, -0.15) is 13.2 Å². The summed E-state index contributed by atoms with van der Waals surface area (Å²) in [6.45, 7) is -0.242. The molecule has 0 saturated carbocycles. The topological polar surface area (TPSA) is 59.0 Å². The number of carbonyl (C=O) groups excluding carboxylic acids is 1. The fourth-order valence-corrected chi connectivity index (χ4v) is 2.66. The Balaban J connectivity index is 1.81. The zero-order valence-electron chi connectivity index (χ0n) is 14.4. The van der Waals surface area contributed by atoms with Crippen LogP contribution in [-0.4, -0.2) is 22.7 Å². The molecule has 1 amide bonds. The Labute approximate surface area is 153 Å². The summed E-state index contributed by atoms with van der Waals surface area (Å²) < 4.78 is 40.7. The zero-order chi connectivity index (χ0) is 19.4. The Hall–Kier alpha value is -3.29. The van der Waals surface area contributed by atoms with E-state index in [9.17, 15) is 18.0 Å². The second kappa shape index (κ2) is 7.53. The summed E-state index contributed by atoms with van der Waals surface area (Å²) in [5.41, 5.74) is 0.236. The van der Waals surface area contributed by atoms with Crippen molar-refractivity contribution in [2.45, 2.75) is 12.7 Å². The van der Waals surface area contributed by atoms with Gasteiger partial charge in [-0.25, -0.2) is 4.68 Å². The van der Waals surface area contributed by atoms with Crippen LogP contribution in [0.1, 0.15) is 21.5 Å². The highest BCUT2D eigenvalue weighted by atomic mass is 19.4. The molecule has 0 aliphatic heterocycles. The number of nitrogens with one attached hydrogen (secondary N) is 2. The van der Waals surface area contributed by atoms with Crippen LogP contribution in [0, 0.1) is 0 Å². The molecule has 0 unspecified atom stereocenters. The smallest absolute Gasteiger partial charge is 0.371 e. The van der Waals surface area contributed by atoms with Crippen molar-refractivity contribution in [1.82, 2.24) is 15.1 Å². The SMILES string of the molecule is CNc1nn(-c2ccccc2)cc1C(=O)NCc1ccccc1C(F)(F)F. The monoisotopic (exact) mass is 374 g/mol. The quantitative estimate of drug-likeness (QED) is 0.713. The Morgan fingerprint density at radius 1 is 1.07 bits per heavy atom. The molecule has 1 aromatic heterocycles. The summed E-state index contributed by atoms with van der Waals surface area (Å²) in [6.07, 6.45) is -2.94. The highest BCUT2D eigenvalue weighted by Gasteiger charge is 2.32. The summed E-state index contributed by atoms with van der Waals surface area (Å²) in [4.78, 5) is 12.5. The molecule has 8 heteroatoms. The fourth-order valence-electron chi connectivity index (χ4n) is 2.66. The van der Waals surface area contributed by atoms with Crippen molar-refractivity contribution in [3.63, 3.8) is 0 Å². The lowest BCUT2D eigenvalue weighted by atomic mass is 10.1. The van der Waals surface area contributed by atoms with Crippen LogP contribution in [-0.2, 0) is 12.7 Å². The van der Waals surface area contributed by atoms with E-state index in [-0.39, 0.29) is 17.7 Å². The van der Waals surface area contributed by atoms with Gasteiger partial charge in [-0.1, -0.05) is 36.4 Å². The molecule has 2 N–H and O–H groups in total. The minimum Gasteiger partial charge on any atom is -0.371 e. The Kier molecular flexibility index (Phi) is 5.16. The number of para-hydroxylation sites is 1. The third kappa shape index (κ3) is 4.11. The van der Waals surface area contributed by atoms with Crippen molar-refractivity contribution in [3.05, 3.63) is 77.5 Å². The van der Waals surface area contributed by atoms with Gasteiger partial charge in [0.25, 0.3) is 5.91 Å². The summed E-state index contributed by atoms with van der Waals surface area (Å²) in [7, 11) is 1.62. The van der Waals surface area contributed by atoms with E-state index in [0.717, 1.165) is 11.8 Å². The van der Waals surface area contributed by atoms with Gasteiger partial charge in [-0.05, 0) is 23.8 Å². The fraction of sp³-hybridized carbons (Fsp3) is 0.158. The first-order chi connectivity index (χ1) is 12.9. The van der Waals surface area contributed by atoms with Crippen LogP contribution < -0.4 is 10.6 Å². The number of anilines is 1. The Morgan fingerprint density at radius 2 is 1.74 bits per heavy atom. The van der Waals surface area contributed by atoms with Crippen molar-refractivity contribution in [1.29, 1.82) is 0 Å². The number of benzene rings is 2. The van der Waals surface area contributed by atoms with Crippen molar-refractivity contribution in [3.8, 4) is 5.69 Å². The van der Waals surface area contributed by atoms with Crippen molar-refractivity contribution >= 4 is 11.7 Å². The minimum atomic E-state index is -4.48. The zero-order valence-corrected chi connectivity index (χ0v) is 14.4. The van der Waals surface area contributed by atoms with Crippen LogP contribution in [0.15, 0.2) is 60.8 Å². The van der Waals surface area contributed by atoms with Gasteiger partial charge < -0.3 is 10.6 Å². The summed E-state index contributed by atoms with van der Waals surface area (Å²) >= 11 is 0. The highest BCUT2D eigenvalue weighted by molar-refractivity contribution is 5.98. The third-order valence-corrected chi connectivity index (χ3v) is 3.98. The van der Waals surface area contributed by atoms with Crippen LogP contribution in [0.4, 0.5) is 19.0 Å². The molecule has 140 valence electrons. The van der Waals surface area contributed by atoms with Gasteiger partial charge in [0, 0.05) is 19.8 Å². The Morgan fingerprint density at radius 3 is 2.41 bits per heavy atom. The molecule has 0 saturated heterocycles. The predicted molar refractivity (Wildman–Crippen MR) is 95.7 cm³/mol. The second-order valence-corrected chi connectivity index (χ2v) is 5.76. The lowest BCUT2D eigenvalue weighted by Gasteiger charge is -2.13. The second-order valence-electron chi connectivity index (χ2n) is 5.76. The first-order valence-electron chi connectivity index (χ1n) is 8.16. The van der Waals surface area contributed by atoms with Crippen LogP contribution in [0.2, 0.25) is 0 Å². The molecule has 0 spiro atoms. The van der Waals surface area contributed by atoms with E-state index in [4.69, 9.17) is 0 Å². The van der Waals surface area contributed by atoms with Crippen LogP contribution in [0.5, 0.6) is 0 Å². The van der Waals surface area contributed by atoms with Crippen molar-refractivity contribution in [2.75, 3.05) is 12.4 Å². The van der Waals surface area contributed by atoms with E-state index in [1.165, 1.54) is 29.1 Å². The number of aromatic nitrogens is 2. The van der Waals surface area contributed by atoms with Crippen LogP contribution >= 0.6 is 0 Å². The number of halogens is 3. The number of alkyl halides is 3. The lowest BCUT2D eigenvalue weighted by Crippen LogP contribution is -2.24. The van der Waals surface area contributed by atoms with Crippen LogP contribution in [0.3, 0.4) is 0 Å². The maximum atomic E-state index is 13.1. The van der Waals surface area contributed by atoms with Crippen molar-refractivity contribution < 1.29 is 18.0 Å². The number of nitrogens with zero attached hydrogens (tertiary/aromatic N) is 2. The number of amides is 1. The first kappa shape index (κ1) is 18.5. The molecule has 27 heavy (non-hydrogen) atoms. The number of hydrogen-bond donors (Lipinski definition) is 2. The van der Waals surface area contributed by atoms with Gasteiger partial charge in [-0.3, -0.25) is 4.79 Å². The highest BCUT2D eigenvalue weighted by Crippen LogP contribution is 2.31. The van der Waals surface area contributed by atoms with Crippen LogP contribution in [0.25, 0.3) is 5.69 Å². The molecular formula is C19H17F3N4O. The summed E-state index contributed by atoms with van der Waals surface area (Å²) in [5, 5.41) is 9.66. The Bertz CT molecular complexity index is 936. The van der Waals surface area contributed by atoms with Gasteiger partial charge in [0.2, 0.25) is 0 Å². The lowest BCUT2D eigenvalue weighted by molar-refractivity contribution is -0.138. The molecule has 5 nitrogen and oxygen atoms in total. The van der Waals surface area contributed by atoms with Gasteiger partial charge in [-0.15, -0.1) is 5.10 Å². The number of rotatable bonds is 5. The molecule has 0 fully saturated rings. The van der Waals surface area contributed by atoms with Gasteiger partial charge in [0.15, 0.2) is 5.82 Å². The number of carbonyl (C=O) groups is 1. The standard InChI is InChI=1S/C19H17F3N4O/c1-23-17-15(12-26(25-17)14-8-3-2-4-9-14)18(27)24-11-13-7-5-6-10-16(13)19(20,21)22/h2-10,12H,11H2,1H3,(H,23,25)(H,24,27). The number of hydrogen-bond acceptors (Lipinski definition) is 3. The summed E-state index contributed by atoms with van der Waals surface area (Å²) in [6, 6.07) is 14.3. The largest absolute Gasteiger partial charge is 0.416 e. The molecule has 3 rings (SSSR count). The van der Waals surface area contributed by atoms with Gasteiger partial charge >= 0.3 is 6.18 Å². The molecule has 0 atom stereocenters. The molecule has 3 aromatic rings. The van der Waals surface area contributed by atoms with E-state index in [2.05, 4.69) is 15.7 Å². The van der Waals surface area contributed by atoms with Gasteiger partial charge in [0.1, 0.15) is 5.56 Å². The normalized spacial score (nSPS) is 11.3. The molecule has 0 aliphatic carbocycles. The maximum absolute atomic E-state index is 13.1. The average molecular weight is 374 g/mol. The van der Waals surface area contributed by atoms with E-state index in [1.807, 2.05) is 30.3 Å². The molecule has 0 aliphatic rings. The summed E-state index contributed by atoms with van der Waals surface area (Å²) in [5.74, 6) is -0.182. The molecule has 0 radical (unpaired) electrons. The predicted octanol–water partition coefficient (Wildman–Crippen LogP) is 3.86. The molecular weight excluding hydrogens is 357 g/mol. The molecule has 1 heterocycles.